The third-order valence-electron chi connectivity index (χ3n) is 3.00. The normalized spacial score (nSPS) is 37.3. The van der Waals surface area contributed by atoms with E-state index >= 15 is 0 Å². The van der Waals surface area contributed by atoms with E-state index in [1.54, 1.807) is 24.3 Å². The van der Waals surface area contributed by atoms with Crippen LogP contribution in [0.1, 0.15) is 5.56 Å². The number of aliphatic hydroxyl groups excluding tert-OH is 3. The minimum absolute atomic E-state index is 0.0581. The van der Waals surface area contributed by atoms with Crippen molar-refractivity contribution in [2.75, 3.05) is 6.61 Å². The minimum atomic E-state index is -1.85. The minimum Gasteiger partial charge on any atom is -0.394 e. The molecule has 0 spiro atoms. The first kappa shape index (κ1) is 12.5. The molecule has 0 saturated carbocycles. The Morgan fingerprint density at radius 3 is 2.35 bits per heavy atom. The third kappa shape index (κ3) is 2.34. The molecule has 1 heterocycles. The van der Waals surface area contributed by atoms with Gasteiger partial charge in [-0.25, -0.2) is 0 Å². The Balaban J connectivity index is 2.15. The highest BCUT2D eigenvalue weighted by atomic mass is 16.7. The summed E-state index contributed by atoms with van der Waals surface area (Å²) in [5, 5.41) is 38.4. The zero-order valence-corrected chi connectivity index (χ0v) is 9.23. The predicted octanol–water partition coefficient (Wildman–Crippen LogP) is -0.969. The number of ether oxygens (including phenoxy) is 1. The topological polar surface area (TPSA) is 90.2 Å². The molecule has 4 atom stereocenters. The highest BCUT2D eigenvalue weighted by molar-refractivity contribution is 5.17. The molecule has 2 rings (SSSR count). The number of benzene rings is 1. The molecule has 1 aromatic rings. The molecule has 94 valence electrons. The Morgan fingerprint density at radius 2 is 1.82 bits per heavy atom. The molecule has 0 aromatic heterocycles. The maximum Gasteiger partial charge on any atom is 0.199 e. The molecule has 5 heteroatoms. The Labute approximate surface area is 98.9 Å². The number of hydrogen-bond donors (Lipinski definition) is 4. The van der Waals surface area contributed by atoms with Crippen molar-refractivity contribution >= 4 is 0 Å². The van der Waals surface area contributed by atoms with Gasteiger partial charge in [0.1, 0.15) is 18.3 Å². The van der Waals surface area contributed by atoms with E-state index in [0.29, 0.717) is 0 Å². The van der Waals surface area contributed by atoms with Crippen molar-refractivity contribution in [3.05, 3.63) is 35.9 Å². The molecule has 0 radical (unpaired) electrons. The van der Waals surface area contributed by atoms with Gasteiger partial charge in [0, 0.05) is 6.42 Å². The molecule has 1 unspecified atom stereocenters. The zero-order valence-electron chi connectivity index (χ0n) is 9.23. The van der Waals surface area contributed by atoms with E-state index in [1.807, 2.05) is 6.07 Å². The molecule has 1 saturated heterocycles. The van der Waals surface area contributed by atoms with Gasteiger partial charge in [-0.3, -0.25) is 0 Å². The van der Waals surface area contributed by atoms with Crippen LogP contribution in [0.5, 0.6) is 0 Å². The fourth-order valence-electron chi connectivity index (χ4n) is 2.05. The summed E-state index contributed by atoms with van der Waals surface area (Å²) < 4.78 is 5.13. The Hall–Kier alpha value is -0.980. The third-order valence-corrected chi connectivity index (χ3v) is 3.00. The number of aliphatic hydroxyl groups is 4. The lowest BCUT2D eigenvalue weighted by molar-refractivity contribution is -0.229. The first-order chi connectivity index (χ1) is 8.07. The lowest BCUT2D eigenvalue weighted by Crippen LogP contribution is -2.44. The van der Waals surface area contributed by atoms with Crippen LogP contribution >= 0.6 is 0 Å². The van der Waals surface area contributed by atoms with Gasteiger partial charge in [-0.2, -0.15) is 0 Å². The monoisotopic (exact) mass is 240 g/mol. The van der Waals surface area contributed by atoms with Crippen molar-refractivity contribution in [3.8, 4) is 0 Å². The summed E-state index contributed by atoms with van der Waals surface area (Å²) in [6.45, 7) is -0.449. The van der Waals surface area contributed by atoms with Gasteiger partial charge < -0.3 is 25.2 Å². The Morgan fingerprint density at radius 1 is 1.18 bits per heavy atom. The average molecular weight is 240 g/mol. The first-order valence-corrected chi connectivity index (χ1v) is 5.48. The molecule has 1 aliphatic heterocycles. The maximum atomic E-state index is 10.1. The summed E-state index contributed by atoms with van der Waals surface area (Å²) in [6.07, 6.45) is -3.62. The van der Waals surface area contributed by atoms with Crippen LogP contribution in [0.3, 0.4) is 0 Å². The second kappa shape index (κ2) is 4.72. The van der Waals surface area contributed by atoms with Crippen LogP contribution in [0.4, 0.5) is 0 Å². The first-order valence-electron chi connectivity index (χ1n) is 5.48. The van der Waals surface area contributed by atoms with Crippen LogP contribution in [0.2, 0.25) is 0 Å². The quantitative estimate of drug-likeness (QED) is 0.546. The summed E-state index contributed by atoms with van der Waals surface area (Å²) in [5.74, 6) is -1.85. The van der Waals surface area contributed by atoms with Crippen LogP contribution in [0.15, 0.2) is 30.3 Å². The second-order valence-electron chi connectivity index (χ2n) is 4.28. The molecular formula is C12H16O5. The molecular weight excluding hydrogens is 224 g/mol. The van der Waals surface area contributed by atoms with Crippen molar-refractivity contribution in [2.45, 2.75) is 30.5 Å². The molecule has 1 aliphatic rings. The van der Waals surface area contributed by atoms with Gasteiger partial charge >= 0.3 is 0 Å². The van der Waals surface area contributed by atoms with Crippen LogP contribution < -0.4 is 0 Å². The zero-order chi connectivity index (χ0) is 12.5. The lowest BCUT2D eigenvalue weighted by Gasteiger charge is -2.26. The fraction of sp³-hybridized carbons (Fsp3) is 0.500. The molecule has 0 bridgehead atoms. The second-order valence-corrected chi connectivity index (χ2v) is 4.28. The van der Waals surface area contributed by atoms with Crippen molar-refractivity contribution in [3.63, 3.8) is 0 Å². The summed E-state index contributed by atoms with van der Waals surface area (Å²) >= 11 is 0. The van der Waals surface area contributed by atoms with E-state index in [4.69, 9.17) is 9.84 Å². The largest absolute Gasteiger partial charge is 0.394 e. The molecule has 17 heavy (non-hydrogen) atoms. The van der Waals surface area contributed by atoms with Gasteiger partial charge in [-0.15, -0.1) is 0 Å². The van der Waals surface area contributed by atoms with Gasteiger partial charge in [-0.05, 0) is 5.56 Å². The van der Waals surface area contributed by atoms with Gasteiger partial charge in [0.2, 0.25) is 0 Å². The smallest absolute Gasteiger partial charge is 0.199 e. The van der Waals surface area contributed by atoms with Crippen molar-refractivity contribution < 1.29 is 25.2 Å². The standard InChI is InChI=1S/C12H16O5/c13-7-9-10(14)11(15)12(16,17-9)6-8-4-2-1-3-5-8/h1-5,9-11,13-16H,6-7H2/t9-,10-,11-,12?/m0/s1. The average Bonchev–Trinajstić information content (AvgIpc) is 2.55. The van der Waals surface area contributed by atoms with Gasteiger partial charge in [0.25, 0.3) is 0 Å². The molecule has 5 nitrogen and oxygen atoms in total. The highest BCUT2D eigenvalue weighted by Crippen LogP contribution is 2.31. The van der Waals surface area contributed by atoms with E-state index in [9.17, 15) is 15.3 Å². The summed E-state index contributed by atoms with van der Waals surface area (Å²) in [5.41, 5.74) is 0.778. The SMILES string of the molecule is OC[C@@H]1OC(O)(Cc2ccccc2)[C@@H](O)[C@H]1O. The van der Waals surface area contributed by atoms with E-state index in [2.05, 4.69) is 0 Å². The van der Waals surface area contributed by atoms with Crippen LogP contribution in [0, 0.1) is 0 Å². The van der Waals surface area contributed by atoms with E-state index in [0.717, 1.165) is 5.56 Å². The predicted molar refractivity (Wildman–Crippen MR) is 59.1 cm³/mol. The summed E-state index contributed by atoms with van der Waals surface area (Å²) in [4.78, 5) is 0. The number of hydrogen-bond acceptors (Lipinski definition) is 5. The molecule has 4 N–H and O–H groups in total. The van der Waals surface area contributed by atoms with Crippen molar-refractivity contribution in [1.29, 1.82) is 0 Å². The number of rotatable bonds is 3. The molecule has 0 amide bonds. The Bertz CT molecular complexity index is 368. The van der Waals surface area contributed by atoms with Crippen LogP contribution in [-0.4, -0.2) is 51.1 Å². The van der Waals surface area contributed by atoms with Crippen molar-refractivity contribution in [1.82, 2.24) is 0 Å². The summed E-state index contributed by atoms with van der Waals surface area (Å²) in [7, 11) is 0. The van der Waals surface area contributed by atoms with E-state index < -0.39 is 30.7 Å². The van der Waals surface area contributed by atoms with Gasteiger partial charge in [0.05, 0.1) is 6.61 Å². The maximum absolute atomic E-state index is 10.1. The van der Waals surface area contributed by atoms with Gasteiger partial charge in [0.15, 0.2) is 5.79 Å². The molecule has 0 aliphatic carbocycles. The molecule has 1 aromatic carbocycles. The lowest BCUT2D eigenvalue weighted by atomic mass is 9.98. The highest BCUT2D eigenvalue weighted by Gasteiger charge is 2.52. The van der Waals surface area contributed by atoms with Crippen LogP contribution in [0.25, 0.3) is 0 Å². The molecule has 1 fully saturated rings. The summed E-state index contributed by atoms with van der Waals surface area (Å²) in [6, 6.07) is 9.02. The fourth-order valence-corrected chi connectivity index (χ4v) is 2.05. The van der Waals surface area contributed by atoms with Crippen LogP contribution in [-0.2, 0) is 11.2 Å². The van der Waals surface area contributed by atoms with E-state index in [-0.39, 0.29) is 6.42 Å². The Kier molecular flexibility index (Phi) is 3.46. The van der Waals surface area contributed by atoms with Crippen molar-refractivity contribution in [2.24, 2.45) is 0 Å². The van der Waals surface area contributed by atoms with Gasteiger partial charge in [-0.1, -0.05) is 30.3 Å². The van der Waals surface area contributed by atoms with E-state index in [1.165, 1.54) is 0 Å².